The van der Waals surface area contributed by atoms with E-state index in [1.54, 1.807) is 24.3 Å². The predicted octanol–water partition coefficient (Wildman–Crippen LogP) is 6.70. The van der Waals surface area contributed by atoms with Gasteiger partial charge in [0.05, 0.1) is 30.5 Å². The number of nitriles is 2. The van der Waals surface area contributed by atoms with Crippen LogP contribution in [0.3, 0.4) is 0 Å². The van der Waals surface area contributed by atoms with Crippen molar-refractivity contribution in [3.05, 3.63) is 112 Å². The molecule has 1 heterocycles. The highest BCUT2D eigenvalue weighted by Gasteiger charge is 2.39. The average Bonchev–Trinajstić information content (AvgIpc) is 3.12. The summed E-state index contributed by atoms with van der Waals surface area (Å²) in [6.07, 6.45) is 10.4. The Morgan fingerprint density at radius 2 is 1.79 bits per heavy atom. The first-order valence-corrected chi connectivity index (χ1v) is 14.4. The van der Waals surface area contributed by atoms with Gasteiger partial charge in [-0.25, -0.2) is 18.5 Å². The summed E-state index contributed by atoms with van der Waals surface area (Å²) >= 11 is 0. The van der Waals surface area contributed by atoms with Crippen LogP contribution in [0, 0.1) is 29.2 Å². The first-order chi connectivity index (χ1) is 18.6. The number of rotatable bonds is 9. The SMILES string of the molecule is [C-]#[N+]/C(C#N)=C(/C(C#N)=C/C=C/C=C1/N(CCCC)c2ccccc2C1(C)C)c1ccc(NS(C)(=O)=O)cc1. The van der Waals surface area contributed by atoms with E-state index in [1.165, 1.54) is 23.4 Å². The molecule has 1 aliphatic rings. The van der Waals surface area contributed by atoms with E-state index in [4.69, 9.17) is 6.57 Å². The van der Waals surface area contributed by atoms with Crippen molar-refractivity contribution in [2.75, 3.05) is 22.4 Å². The maximum Gasteiger partial charge on any atom is 0.270 e. The highest BCUT2D eigenvalue weighted by atomic mass is 32.2. The molecule has 0 atom stereocenters. The van der Waals surface area contributed by atoms with Gasteiger partial charge in [0.25, 0.3) is 5.70 Å². The molecule has 0 aromatic heterocycles. The van der Waals surface area contributed by atoms with Crippen LogP contribution in [0.1, 0.15) is 44.7 Å². The number of hydrogen-bond donors (Lipinski definition) is 1. The van der Waals surface area contributed by atoms with Crippen molar-refractivity contribution in [1.82, 2.24) is 0 Å². The molecular weight excluding hydrogens is 506 g/mol. The first kappa shape index (κ1) is 29.0. The van der Waals surface area contributed by atoms with E-state index in [-0.39, 0.29) is 22.3 Å². The van der Waals surface area contributed by atoms with Crippen LogP contribution in [0.15, 0.2) is 89.8 Å². The minimum absolute atomic E-state index is 0.151. The normalized spacial score (nSPS) is 16.3. The quantitative estimate of drug-likeness (QED) is 0.218. The summed E-state index contributed by atoms with van der Waals surface area (Å²) in [7, 11) is -3.46. The van der Waals surface area contributed by atoms with Gasteiger partial charge < -0.3 is 4.90 Å². The predicted molar refractivity (Wildman–Crippen MR) is 157 cm³/mol. The van der Waals surface area contributed by atoms with E-state index in [9.17, 15) is 18.9 Å². The van der Waals surface area contributed by atoms with E-state index < -0.39 is 10.0 Å². The Morgan fingerprint density at radius 1 is 1.10 bits per heavy atom. The smallest absolute Gasteiger partial charge is 0.270 e. The molecule has 0 amide bonds. The third-order valence-corrected chi connectivity index (χ3v) is 7.09. The van der Waals surface area contributed by atoms with Crippen molar-refractivity contribution in [3.63, 3.8) is 0 Å². The van der Waals surface area contributed by atoms with Crippen LogP contribution >= 0.6 is 0 Å². The molecule has 2 aromatic carbocycles. The number of para-hydroxylation sites is 1. The summed E-state index contributed by atoms with van der Waals surface area (Å²) in [5.41, 5.74) is 4.35. The Kier molecular flexibility index (Phi) is 9.15. The zero-order valence-corrected chi connectivity index (χ0v) is 23.4. The van der Waals surface area contributed by atoms with Crippen molar-refractivity contribution in [2.45, 2.75) is 39.0 Å². The van der Waals surface area contributed by atoms with Crippen LogP contribution in [0.4, 0.5) is 11.4 Å². The molecule has 0 spiro atoms. The zero-order chi connectivity index (χ0) is 28.6. The molecule has 39 heavy (non-hydrogen) atoms. The molecule has 0 bridgehead atoms. The Balaban J connectivity index is 2.00. The molecule has 0 aliphatic carbocycles. The summed E-state index contributed by atoms with van der Waals surface area (Å²) in [5, 5.41) is 19.5. The lowest BCUT2D eigenvalue weighted by molar-refractivity contribution is 0.607. The lowest BCUT2D eigenvalue weighted by Gasteiger charge is -2.27. The van der Waals surface area contributed by atoms with Gasteiger partial charge >= 0.3 is 0 Å². The third-order valence-electron chi connectivity index (χ3n) is 6.48. The molecule has 1 aliphatic heterocycles. The summed E-state index contributed by atoms with van der Waals surface area (Å²) in [6, 6.07) is 18.6. The van der Waals surface area contributed by atoms with Gasteiger partial charge in [-0.15, -0.1) is 0 Å². The maximum atomic E-state index is 11.5. The third kappa shape index (κ3) is 6.65. The fourth-order valence-corrected chi connectivity index (χ4v) is 5.21. The van der Waals surface area contributed by atoms with Gasteiger partial charge in [-0.05, 0) is 47.9 Å². The second-order valence-corrected chi connectivity index (χ2v) is 11.4. The highest BCUT2D eigenvalue weighted by molar-refractivity contribution is 7.92. The lowest BCUT2D eigenvalue weighted by Crippen LogP contribution is -2.26. The molecule has 0 radical (unpaired) electrons. The van der Waals surface area contributed by atoms with Crippen LogP contribution in [0.2, 0.25) is 0 Å². The summed E-state index contributed by atoms with van der Waals surface area (Å²) in [4.78, 5) is 5.68. The average molecular weight is 538 g/mol. The van der Waals surface area contributed by atoms with Crippen molar-refractivity contribution in [3.8, 4) is 12.1 Å². The molecule has 7 nitrogen and oxygen atoms in total. The largest absolute Gasteiger partial charge is 0.344 e. The number of hydrogen-bond acceptors (Lipinski definition) is 5. The zero-order valence-electron chi connectivity index (χ0n) is 22.6. The van der Waals surface area contributed by atoms with Crippen LogP contribution in [0.5, 0.6) is 0 Å². The topological polar surface area (TPSA) is 101 Å². The van der Waals surface area contributed by atoms with Gasteiger partial charge in [0.15, 0.2) is 0 Å². The second-order valence-electron chi connectivity index (χ2n) is 9.68. The van der Waals surface area contributed by atoms with Crippen LogP contribution in [-0.4, -0.2) is 21.2 Å². The minimum Gasteiger partial charge on any atom is -0.344 e. The molecule has 8 heteroatoms. The maximum absolute atomic E-state index is 11.5. The van der Waals surface area contributed by atoms with E-state index in [0.717, 1.165) is 31.3 Å². The van der Waals surface area contributed by atoms with Crippen molar-refractivity contribution >= 4 is 27.0 Å². The first-order valence-electron chi connectivity index (χ1n) is 12.5. The number of unbranched alkanes of at least 4 members (excludes halogenated alkanes) is 1. The summed E-state index contributed by atoms with van der Waals surface area (Å²) in [6.45, 7) is 14.9. The van der Waals surface area contributed by atoms with Crippen LogP contribution in [-0.2, 0) is 15.4 Å². The number of fused-ring (bicyclic) bond motifs is 1. The molecule has 198 valence electrons. The second kappa shape index (κ2) is 12.3. The van der Waals surface area contributed by atoms with Gasteiger partial charge in [0.2, 0.25) is 10.0 Å². The Labute approximate surface area is 231 Å². The number of sulfonamides is 1. The van der Waals surface area contributed by atoms with Crippen LogP contribution in [0.25, 0.3) is 10.4 Å². The molecule has 0 unspecified atom stereocenters. The highest BCUT2D eigenvalue weighted by Crippen LogP contribution is 2.47. The monoisotopic (exact) mass is 537 g/mol. The number of allylic oxidation sites excluding steroid dienone is 8. The molecule has 1 N–H and O–H groups in total. The van der Waals surface area contributed by atoms with Crippen molar-refractivity contribution in [2.24, 2.45) is 0 Å². The van der Waals surface area contributed by atoms with Gasteiger partial charge in [-0.2, -0.15) is 5.26 Å². The Hall–Kier alpha value is -4.58. The number of nitrogens with one attached hydrogen (secondary N) is 1. The molecule has 0 saturated carbocycles. The van der Waals surface area contributed by atoms with E-state index >= 15 is 0 Å². The summed E-state index contributed by atoms with van der Waals surface area (Å²) in [5.74, 6) is 0. The molecule has 3 rings (SSSR count). The van der Waals surface area contributed by atoms with Crippen molar-refractivity contribution < 1.29 is 8.42 Å². The molecule has 0 saturated heterocycles. The fraction of sp³-hybridized carbons (Fsp3) is 0.258. The standard InChI is InChI=1S/C31H31N5O2S/c1-6-7-20-36-28-14-10-9-13-26(28)31(2,3)29(36)15-11-8-12-24(21-32)30(27(22-33)34-4)23-16-18-25(19-17-23)35-39(5,37)38/h8-19,35H,6-7,20H2,1-3,5H3/b11-8+,24-12+,29-15+,30-27+. The van der Waals surface area contributed by atoms with Crippen LogP contribution < -0.4 is 9.62 Å². The molecular formula is C31H31N5O2S. The Bertz CT molecular complexity index is 1570. The van der Waals surface area contributed by atoms with E-state index in [1.807, 2.05) is 12.1 Å². The number of benzene rings is 2. The molecule has 0 fully saturated rings. The van der Waals surface area contributed by atoms with Gasteiger partial charge in [-0.3, -0.25) is 4.72 Å². The van der Waals surface area contributed by atoms with Crippen molar-refractivity contribution in [1.29, 1.82) is 10.5 Å². The van der Waals surface area contributed by atoms with Gasteiger partial charge in [0.1, 0.15) is 0 Å². The van der Waals surface area contributed by atoms with Gasteiger partial charge in [0, 0.05) is 34.6 Å². The number of anilines is 2. The minimum atomic E-state index is -3.46. The summed E-state index contributed by atoms with van der Waals surface area (Å²) < 4.78 is 25.4. The van der Waals surface area contributed by atoms with E-state index in [2.05, 4.69) is 71.6 Å². The van der Waals surface area contributed by atoms with Gasteiger partial charge in [-0.1, -0.05) is 69.7 Å². The van der Waals surface area contributed by atoms with E-state index in [0.29, 0.717) is 11.3 Å². The lowest BCUT2D eigenvalue weighted by atomic mass is 9.84. The fourth-order valence-electron chi connectivity index (χ4n) is 4.65. The number of nitrogens with zero attached hydrogens (tertiary/aromatic N) is 4. The Morgan fingerprint density at radius 3 is 2.38 bits per heavy atom. The molecule has 2 aromatic rings.